The molecule has 0 saturated carbocycles. The van der Waals surface area contributed by atoms with Crippen LogP contribution < -0.4 is 5.32 Å². The van der Waals surface area contributed by atoms with Crippen LogP contribution in [0.15, 0.2) is 40.4 Å². The number of hydrogen-bond acceptors (Lipinski definition) is 1. The third kappa shape index (κ3) is 4.79. The number of hydrogen-bond donors (Lipinski definition) is 1. The predicted octanol–water partition coefficient (Wildman–Crippen LogP) is 3.03. The van der Waals surface area contributed by atoms with Crippen LogP contribution in [0.25, 0.3) is 0 Å². The maximum Gasteiger partial charge on any atom is 0.244 e. The molecule has 0 aliphatic rings. The third-order valence-corrected chi connectivity index (χ3v) is 2.33. The van der Waals surface area contributed by atoms with Gasteiger partial charge in [-0.2, -0.15) is 0 Å². The minimum absolute atomic E-state index is 0.0436. The zero-order valence-electron chi connectivity index (χ0n) is 8.88. The van der Waals surface area contributed by atoms with Gasteiger partial charge >= 0.3 is 0 Å². The molecule has 0 spiro atoms. The Labute approximate surface area is 98.5 Å². The molecule has 15 heavy (non-hydrogen) atoms. The first-order valence-corrected chi connectivity index (χ1v) is 5.54. The number of allylic oxidation sites excluding steroid dienone is 1. The van der Waals surface area contributed by atoms with E-state index in [-0.39, 0.29) is 5.91 Å². The molecule has 0 aromatic heterocycles. The highest BCUT2D eigenvalue weighted by atomic mass is 79.9. The van der Waals surface area contributed by atoms with Gasteiger partial charge in [-0.3, -0.25) is 4.79 Å². The van der Waals surface area contributed by atoms with Gasteiger partial charge in [-0.25, -0.2) is 0 Å². The average Bonchev–Trinajstić information content (AvgIpc) is 2.16. The Bertz CT molecular complexity index is 364. The van der Waals surface area contributed by atoms with Crippen LogP contribution in [0.3, 0.4) is 0 Å². The van der Waals surface area contributed by atoms with Gasteiger partial charge in [-0.05, 0) is 31.5 Å². The number of nitrogens with one attached hydrogen (secondary N) is 1. The molecule has 3 heteroatoms. The molecule has 1 N–H and O–H groups in total. The topological polar surface area (TPSA) is 29.1 Å². The molecule has 0 aliphatic carbocycles. The fraction of sp³-hybridized carbons (Fsp3) is 0.250. The summed E-state index contributed by atoms with van der Waals surface area (Å²) >= 11 is 3.36. The van der Waals surface area contributed by atoms with Crippen LogP contribution in [0.5, 0.6) is 0 Å². The summed E-state index contributed by atoms with van der Waals surface area (Å²) in [6.45, 7) is 4.37. The van der Waals surface area contributed by atoms with Crippen molar-refractivity contribution in [2.75, 3.05) is 0 Å². The Morgan fingerprint density at radius 3 is 2.47 bits per heavy atom. The first kappa shape index (κ1) is 12.0. The Morgan fingerprint density at radius 1 is 1.33 bits per heavy atom. The Kier molecular flexibility index (Phi) is 4.56. The molecule has 1 amide bonds. The normalized spacial score (nSPS) is 9.53. The van der Waals surface area contributed by atoms with Gasteiger partial charge in [0.15, 0.2) is 0 Å². The lowest BCUT2D eigenvalue weighted by Gasteiger charge is -2.02. The van der Waals surface area contributed by atoms with Crippen molar-refractivity contribution in [3.63, 3.8) is 0 Å². The van der Waals surface area contributed by atoms with E-state index in [4.69, 9.17) is 0 Å². The van der Waals surface area contributed by atoms with E-state index >= 15 is 0 Å². The van der Waals surface area contributed by atoms with Crippen molar-refractivity contribution in [1.82, 2.24) is 5.32 Å². The van der Waals surface area contributed by atoms with E-state index in [1.54, 1.807) is 6.08 Å². The van der Waals surface area contributed by atoms with E-state index in [1.165, 1.54) is 0 Å². The summed E-state index contributed by atoms with van der Waals surface area (Å²) in [5, 5.41) is 2.82. The van der Waals surface area contributed by atoms with Crippen molar-refractivity contribution >= 4 is 21.8 Å². The molecule has 0 unspecified atom stereocenters. The lowest BCUT2D eigenvalue weighted by molar-refractivity contribution is -0.116. The molecule has 0 radical (unpaired) electrons. The van der Waals surface area contributed by atoms with Crippen molar-refractivity contribution < 1.29 is 4.79 Å². The number of rotatable bonds is 3. The molecule has 0 atom stereocenters. The molecule has 2 nitrogen and oxygen atoms in total. The van der Waals surface area contributed by atoms with Gasteiger partial charge in [0, 0.05) is 17.1 Å². The maximum atomic E-state index is 11.3. The molecule has 0 bridgehead atoms. The molecule has 80 valence electrons. The highest BCUT2D eigenvalue weighted by Crippen LogP contribution is 2.10. The van der Waals surface area contributed by atoms with Crippen LogP contribution in [0.4, 0.5) is 0 Å². The predicted molar refractivity (Wildman–Crippen MR) is 65.4 cm³/mol. The van der Waals surface area contributed by atoms with Crippen molar-refractivity contribution in [1.29, 1.82) is 0 Å². The van der Waals surface area contributed by atoms with Gasteiger partial charge in [0.2, 0.25) is 5.91 Å². The second kappa shape index (κ2) is 5.71. The van der Waals surface area contributed by atoms with Gasteiger partial charge in [-0.15, -0.1) is 0 Å². The van der Waals surface area contributed by atoms with Crippen LogP contribution in [0.1, 0.15) is 19.4 Å². The smallest absolute Gasteiger partial charge is 0.244 e. The molecule has 0 saturated heterocycles. The monoisotopic (exact) mass is 267 g/mol. The van der Waals surface area contributed by atoms with Crippen molar-refractivity contribution in [3.8, 4) is 0 Å². The Balaban J connectivity index is 2.47. The van der Waals surface area contributed by atoms with Gasteiger partial charge in [0.05, 0.1) is 0 Å². The summed E-state index contributed by atoms with van der Waals surface area (Å²) in [4.78, 5) is 11.3. The summed E-state index contributed by atoms with van der Waals surface area (Å²) < 4.78 is 1.04. The lowest BCUT2D eigenvalue weighted by atomic mass is 10.2. The van der Waals surface area contributed by atoms with E-state index in [1.807, 2.05) is 38.1 Å². The van der Waals surface area contributed by atoms with Crippen LogP contribution in [0.2, 0.25) is 0 Å². The fourth-order valence-corrected chi connectivity index (χ4v) is 1.37. The minimum atomic E-state index is -0.0436. The first-order valence-electron chi connectivity index (χ1n) is 4.75. The highest BCUT2D eigenvalue weighted by Gasteiger charge is 1.97. The first-order chi connectivity index (χ1) is 7.08. The zero-order valence-corrected chi connectivity index (χ0v) is 10.5. The third-order valence-electron chi connectivity index (χ3n) is 1.80. The van der Waals surface area contributed by atoms with Crippen LogP contribution in [-0.2, 0) is 11.3 Å². The fourth-order valence-electron chi connectivity index (χ4n) is 1.10. The molecule has 0 aliphatic heterocycles. The molecular formula is C12H14BrNO. The second-order valence-electron chi connectivity index (χ2n) is 3.57. The number of benzene rings is 1. The van der Waals surface area contributed by atoms with E-state index in [0.29, 0.717) is 6.54 Å². The standard InChI is InChI=1S/C12H14BrNO/c1-9(2)7-12(15)14-8-10-3-5-11(13)6-4-10/h3-7H,8H2,1-2H3,(H,14,15). The summed E-state index contributed by atoms with van der Waals surface area (Å²) in [6.07, 6.45) is 1.60. The van der Waals surface area contributed by atoms with E-state index in [9.17, 15) is 4.79 Å². The number of amides is 1. The van der Waals surface area contributed by atoms with E-state index < -0.39 is 0 Å². The molecule has 0 fully saturated rings. The van der Waals surface area contributed by atoms with Crippen LogP contribution in [-0.4, -0.2) is 5.91 Å². The Hall–Kier alpha value is -1.09. The number of carbonyl (C=O) groups excluding carboxylic acids is 1. The summed E-state index contributed by atoms with van der Waals surface area (Å²) in [6, 6.07) is 7.88. The number of halogens is 1. The van der Waals surface area contributed by atoms with Crippen molar-refractivity contribution in [2.24, 2.45) is 0 Å². The molecule has 1 rings (SSSR count). The van der Waals surface area contributed by atoms with E-state index in [0.717, 1.165) is 15.6 Å². The zero-order chi connectivity index (χ0) is 11.3. The SMILES string of the molecule is CC(C)=CC(=O)NCc1ccc(Br)cc1. The summed E-state index contributed by atoms with van der Waals surface area (Å²) in [5.41, 5.74) is 2.09. The second-order valence-corrected chi connectivity index (χ2v) is 4.48. The Morgan fingerprint density at radius 2 is 1.93 bits per heavy atom. The van der Waals surface area contributed by atoms with Crippen LogP contribution >= 0.6 is 15.9 Å². The van der Waals surface area contributed by atoms with Gasteiger partial charge in [0.1, 0.15) is 0 Å². The van der Waals surface area contributed by atoms with Gasteiger partial charge in [0.25, 0.3) is 0 Å². The summed E-state index contributed by atoms with van der Waals surface area (Å²) in [7, 11) is 0. The highest BCUT2D eigenvalue weighted by molar-refractivity contribution is 9.10. The quantitative estimate of drug-likeness (QED) is 0.839. The summed E-state index contributed by atoms with van der Waals surface area (Å²) in [5.74, 6) is -0.0436. The number of carbonyl (C=O) groups is 1. The van der Waals surface area contributed by atoms with Gasteiger partial charge in [-0.1, -0.05) is 33.6 Å². The van der Waals surface area contributed by atoms with Crippen LogP contribution in [0, 0.1) is 0 Å². The minimum Gasteiger partial charge on any atom is -0.348 e. The van der Waals surface area contributed by atoms with Crippen molar-refractivity contribution in [3.05, 3.63) is 46.0 Å². The molecular weight excluding hydrogens is 254 g/mol. The van der Waals surface area contributed by atoms with Crippen molar-refractivity contribution in [2.45, 2.75) is 20.4 Å². The largest absolute Gasteiger partial charge is 0.348 e. The maximum absolute atomic E-state index is 11.3. The molecule has 1 aromatic rings. The van der Waals surface area contributed by atoms with Gasteiger partial charge < -0.3 is 5.32 Å². The lowest BCUT2D eigenvalue weighted by Crippen LogP contribution is -2.20. The van der Waals surface area contributed by atoms with E-state index in [2.05, 4.69) is 21.2 Å². The average molecular weight is 268 g/mol. The molecule has 0 heterocycles. The molecule has 1 aromatic carbocycles.